The molecule has 3 nitrogen and oxygen atoms in total. The van der Waals surface area contributed by atoms with E-state index in [0.29, 0.717) is 10.8 Å². The number of carbonyl (C=O) groups excluding carboxylic acids is 1. The molecule has 0 saturated carbocycles. The zero-order valence-corrected chi connectivity index (χ0v) is 10.0. The molecule has 4 heteroatoms. The largest absolute Gasteiger partial charge is 0.486 e. The number of halogens is 1. The summed E-state index contributed by atoms with van der Waals surface area (Å²) >= 11 is 6.09. The van der Waals surface area contributed by atoms with Crippen LogP contribution in [0.25, 0.3) is 0 Å². The highest BCUT2D eigenvalue weighted by Gasteiger charge is 2.34. The first kappa shape index (κ1) is 11.3. The summed E-state index contributed by atoms with van der Waals surface area (Å²) in [7, 11) is 0. The maximum atomic E-state index is 10.6. The lowest BCUT2D eigenvalue weighted by Crippen LogP contribution is -2.39. The Bertz CT molecular complexity index is 417. The van der Waals surface area contributed by atoms with E-state index in [1.165, 1.54) is 0 Å². The summed E-state index contributed by atoms with van der Waals surface area (Å²) in [6, 6.07) is 5.55. The Kier molecular flexibility index (Phi) is 2.80. The molecule has 1 amide bonds. The summed E-state index contributed by atoms with van der Waals surface area (Å²) < 4.78 is 5.84. The fraction of sp³-hybridized carbons (Fsp3) is 0.417. The summed E-state index contributed by atoms with van der Waals surface area (Å²) in [6.45, 7) is 3.97. The molecule has 16 heavy (non-hydrogen) atoms. The molecule has 0 aliphatic carbocycles. The molecule has 1 N–H and O–H groups in total. The van der Waals surface area contributed by atoms with Crippen LogP contribution in [0.1, 0.15) is 31.9 Å². The van der Waals surface area contributed by atoms with Crippen LogP contribution in [-0.4, -0.2) is 12.0 Å². The number of benzene rings is 1. The second-order valence-corrected chi connectivity index (χ2v) is 4.97. The van der Waals surface area contributed by atoms with Crippen LogP contribution >= 0.6 is 11.6 Å². The van der Waals surface area contributed by atoms with Gasteiger partial charge in [0, 0.05) is 12.0 Å². The summed E-state index contributed by atoms with van der Waals surface area (Å²) in [5.74, 6) is 0.680. The first-order valence-corrected chi connectivity index (χ1v) is 5.58. The molecule has 1 unspecified atom stereocenters. The van der Waals surface area contributed by atoms with E-state index < -0.39 is 0 Å². The maximum Gasteiger partial charge on any atom is 0.207 e. The van der Waals surface area contributed by atoms with Crippen molar-refractivity contribution in [1.82, 2.24) is 5.32 Å². The molecule has 1 aliphatic rings. The summed E-state index contributed by atoms with van der Waals surface area (Å²) in [5, 5.41) is 3.39. The van der Waals surface area contributed by atoms with Gasteiger partial charge < -0.3 is 10.1 Å². The van der Waals surface area contributed by atoms with Gasteiger partial charge in [0.15, 0.2) is 0 Å². The van der Waals surface area contributed by atoms with E-state index >= 15 is 0 Å². The number of fused-ring (bicyclic) bond motifs is 1. The molecular weight excluding hydrogens is 226 g/mol. The minimum absolute atomic E-state index is 0.0325. The number of carbonyl (C=O) groups is 1. The van der Waals surface area contributed by atoms with Crippen molar-refractivity contribution in [3.05, 3.63) is 28.8 Å². The van der Waals surface area contributed by atoms with Gasteiger partial charge in [0.2, 0.25) is 6.41 Å². The van der Waals surface area contributed by atoms with E-state index in [4.69, 9.17) is 16.3 Å². The molecule has 0 spiro atoms. The summed E-state index contributed by atoms with van der Waals surface area (Å²) in [5.41, 5.74) is 0.623. The Labute approximate surface area is 99.7 Å². The van der Waals surface area contributed by atoms with Crippen molar-refractivity contribution in [1.29, 1.82) is 0 Å². The number of amides is 1. The number of hydrogen-bond acceptors (Lipinski definition) is 2. The molecule has 1 heterocycles. The number of nitrogens with one attached hydrogen (secondary N) is 1. The highest BCUT2D eigenvalue weighted by atomic mass is 35.5. The van der Waals surface area contributed by atoms with Crippen molar-refractivity contribution in [3.8, 4) is 5.75 Å². The SMILES string of the molecule is CC1(C)CC(NC=O)c2cccc(Cl)c2O1. The fourth-order valence-electron chi connectivity index (χ4n) is 2.06. The second-order valence-electron chi connectivity index (χ2n) is 4.56. The van der Waals surface area contributed by atoms with E-state index in [1.54, 1.807) is 6.07 Å². The normalized spacial score (nSPS) is 21.8. The van der Waals surface area contributed by atoms with E-state index in [0.717, 1.165) is 18.4 Å². The van der Waals surface area contributed by atoms with Crippen molar-refractivity contribution in [2.45, 2.75) is 31.9 Å². The fourth-order valence-corrected chi connectivity index (χ4v) is 2.28. The van der Waals surface area contributed by atoms with Crippen LogP contribution in [0.2, 0.25) is 5.02 Å². The van der Waals surface area contributed by atoms with Crippen LogP contribution in [0.3, 0.4) is 0 Å². The van der Waals surface area contributed by atoms with Crippen LogP contribution < -0.4 is 10.1 Å². The number of hydrogen-bond donors (Lipinski definition) is 1. The molecule has 1 atom stereocenters. The zero-order valence-electron chi connectivity index (χ0n) is 9.29. The van der Waals surface area contributed by atoms with Crippen molar-refractivity contribution >= 4 is 18.0 Å². The maximum absolute atomic E-state index is 10.6. The van der Waals surface area contributed by atoms with Crippen LogP contribution in [0.15, 0.2) is 18.2 Å². The molecule has 0 radical (unpaired) electrons. The van der Waals surface area contributed by atoms with Gasteiger partial charge in [0.05, 0.1) is 11.1 Å². The van der Waals surface area contributed by atoms with Gasteiger partial charge in [-0.3, -0.25) is 4.79 Å². The summed E-state index contributed by atoms with van der Waals surface area (Å²) in [6.07, 6.45) is 1.45. The van der Waals surface area contributed by atoms with Crippen molar-refractivity contribution in [2.24, 2.45) is 0 Å². The zero-order chi connectivity index (χ0) is 11.8. The molecule has 2 rings (SSSR count). The Morgan fingerprint density at radius 3 is 3.00 bits per heavy atom. The number of para-hydroxylation sites is 1. The highest BCUT2D eigenvalue weighted by molar-refractivity contribution is 6.32. The molecule has 0 bridgehead atoms. The van der Waals surface area contributed by atoms with Gasteiger partial charge in [-0.25, -0.2) is 0 Å². The lowest BCUT2D eigenvalue weighted by Gasteiger charge is -2.37. The van der Waals surface area contributed by atoms with Gasteiger partial charge in [-0.1, -0.05) is 23.7 Å². The average molecular weight is 240 g/mol. The molecule has 1 aliphatic heterocycles. The van der Waals surface area contributed by atoms with Gasteiger partial charge in [-0.2, -0.15) is 0 Å². The molecule has 1 aromatic rings. The minimum atomic E-state index is -0.321. The van der Waals surface area contributed by atoms with Gasteiger partial charge in [-0.05, 0) is 19.9 Å². The first-order chi connectivity index (χ1) is 7.53. The second kappa shape index (κ2) is 3.98. The third kappa shape index (κ3) is 2.00. The standard InChI is InChI=1S/C12H14ClNO2/c1-12(2)6-10(14-7-15)8-4-3-5-9(13)11(8)16-12/h3-5,7,10H,6H2,1-2H3,(H,14,15). The Balaban J connectivity index is 2.46. The van der Waals surface area contributed by atoms with Crippen molar-refractivity contribution in [3.63, 3.8) is 0 Å². The average Bonchev–Trinajstić information content (AvgIpc) is 2.19. The highest BCUT2D eigenvalue weighted by Crippen LogP contribution is 2.42. The molecule has 86 valence electrons. The number of ether oxygens (including phenoxy) is 1. The smallest absolute Gasteiger partial charge is 0.207 e. The lowest BCUT2D eigenvalue weighted by atomic mass is 9.90. The monoisotopic (exact) mass is 239 g/mol. The number of rotatable bonds is 2. The summed E-state index contributed by atoms with van der Waals surface area (Å²) in [4.78, 5) is 10.6. The first-order valence-electron chi connectivity index (χ1n) is 5.20. The van der Waals surface area contributed by atoms with E-state index in [-0.39, 0.29) is 11.6 Å². The minimum Gasteiger partial charge on any atom is -0.486 e. The van der Waals surface area contributed by atoms with E-state index in [2.05, 4.69) is 5.32 Å². The molecule has 0 aromatic heterocycles. The van der Waals surface area contributed by atoms with Crippen LogP contribution in [-0.2, 0) is 4.79 Å². The van der Waals surface area contributed by atoms with Gasteiger partial charge in [-0.15, -0.1) is 0 Å². The van der Waals surface area contributed by atoms with Gasteiger partial charge in [0.1, 0.15) is 11.4 Å². The van der Waals surface area contributed by atoms with E-state index in [1.807, 2.05) is 26.0 Å². The lowest BCUT2D eigenvalue weighted by molar-refractivity contribution is -0.110. The topological polar surface area (TPSA) is 38.3 Å². The van der Waals surface area contributed by atoms with Crippen LogP contribution in [0.4, 0.5) is 0 Å². The van der Waals surface area contributed by atoms with E-state index in [9.17, 15) is 4.79 Å². The van der Waals surface area contributed by atoms with Crippen molar-refractivity contribution in [2.75, 3.05) is 0 Å². The predicted octanol–water partition coefficient (Wildman–Crippen LogP) is 2.69. The van der Waals surface area contributed by atoms with Gasteiger partial charge in [0.25, 0.3) is 0 Å². The van der Waals surface area contributed by atoms with Crippen molar-refractivity contribution < 1.29 is 9.53 Å². The quantitative estimate of drug-likeness (QED) is 0.806. The third-order valence-corrected chi connectivity index (χ3v) is 3.01. The van der Waals surface area contributed by atoms with Gasteiger partial charge >= 0.3 is 0 Å². The molecule has 0 saturated heterocycles. The molecular formula is C12H14ClNO2. The molecule has 1 aromatic carbocycles. The Morgan fingerprint density at radius 1 is 1.56 bits per heavy atom. The van der Waals surface area contributed by atoms with Crippen LogP contribution in [0.5, 0.6) is 5.75 Å². The Morgan fingerprint density at radius 2 is 2.31 bits per heavy atom. The molecule has 0 fully saturated rings. The predicted molar refractivity (Wildman–Crippen MR) is 62.7 cm³/mol. The van der Waals surface area contributed by atoms with Crippen LogP contribution in [0, 0.1) is 0 Å². The Hall–Kier alpha value is -1.22. The third-order valence-electron chi connectivity index (χ3n) is 2.72.